The largest absolute Gasteiger partial charge is 0.480 e. The Hall–Kier alpha value is -2.04. The molecule has 5 heteroatoms. The number of rotatable bonds is 5. The van der Waals surface area contributed by atoms with Crippen molar-refractivity contribution < 1.29 is 19.4 Å². The van der Waals surface area contributed by atoms with Gasteiger partial charge in [0.15, 0.2) is 6.10 Å². The van der Waals surface area contributed by atoms with Crippen molar-refractivity contribution in [1.29, 1.82) is 0 Å². The van der Waals surface area contributed by atoms with Gasteiger partial charge in [-0.25, -0.2) is 0 Å². The van der Waals surface area contributed by atoms with Crippen LogP contribution >= 0.6 is 0 Å². The fourth-order valence-electron chi connectivity index (χ4n) is 2.53. The van der Waals surface area contributed by atoms with Gasteiger partial charge in [0.05, 0.1) is 0 Å². The monoisotopic (exact) mass is 275 g/mol. The molecule has 1 aliphatic carbocycles. The lowest BCUT2D eigenvalue weighted by Crippen LogP contribution is -2.44. The molecule has 0 bridgehead atoms. The smallest absolute Gasteiger partial charge is 0.323 e. The molecule has 20 heavy (non-hydrogen) atoms. The number of para-hydroxylation sites is 1. The fourth-order valence-corrected chi connectivity index (χ4v) is 2.53. The van der Waals surface area contributed by atoms with Gasteiger partial charge >= 0.3 is 5.97 Å². The van der Waals surface area contributed by atoms with Crippen LogP contribution in [-0.2, 0) is 16.0 Å². The highest BCUT2D eigenvalue weighted by molar-refractivity contribution is 5.86. The van der Waals surface area contributed by atoms with E-state index in [9.17, 15) is 9.59 Å². The molecule has 106 valence electrons. The number of carboxylic acids is 1. The SMILES string of the molecule is O=C(O)CN(CC1CC1)C(=O)[C@H]1Cc2ccccc2O1. The van der Waals surface area contributed by atoms with E-state index in [0.29, 0.717) is 18.9 Å². The maximum absolute atomic E-state index is 12.5. The Kier molecular flexibility index (Phi) is 3.34. The van der Waals surface area contributed by atoms with Gasteiger partial charge < -0.3 is 14.7 Å². The van der Waals surface area contributed by atoms with E-state index in [4.69, 9.17) is 9.84 Å². The standard InChI is InChI=1S/C15H17NO4/c17-14(18)9-16(8-10-5-6-10)15(19)13-7-11-3-1-2-4-12(11)20-13/h1-4,10,13H,5-9H2,(H,17,18)/t13-/m1/s1. The van der Waals surface area contributed by atoms with Crippen molar-refractivity contribution in [3.63, 3.8) is 0 Å². The van der Waals surface area contributed by atoms with Crippen molar-refractivity contribution in [3.05, 3.63) is 29.8 Å². The summed E-state index contributed by atoms with van der Waals surface area (Å²) >= 11 is 0. The summed E-state index contributed by atoms with van der Waals surface area (Å²) in [5, 5.41) is 8.95. The number of aliphatic carboxylic acids is 1. The Morgan fingerprint density at radius 1 is 1.30 bits per heavy atom. The van der Waals surface area contributed by atoms with E-state index >= 15 is 0 Å². The molecule has 1 heterocycles. The summed E-state index contributed by atoms with van der Waals surface area (Å²) in [5.41, 5.74) is 1.01. The number of amides is 1. The molecule has 3 rings (SSSR count). The van der Waals surface area contributed by atoms with Gasteiger partial charge in [0.25, 0.3) is 5.91 Å². The molecular formula is C15H17NO4. The second kappa shape index (κ2) is 5.15. The van der Waals surface area contributed by atoms with Gasteiger partial charge in [0.2, 0.25) is 0 Å². The van der Waals surface area contributed by atoms with Crippen molar-refractivity contribution in [3.8, 4) is 5.75 Å². The number of fused-ring (bicyclic) bond motifs is 1. The van der Waals surface area contributed by atoms with Crippen LogP contribution in [0, 0.1) is 5.92 Å². The van der Waals surface area contributed by atoms with Crippen molar-refractivity contribution in [2.45, 2.75) is 25.4 Å². The van der Waals surface area contributed by atoms with Crippen LogP contribution in [0.3, 0.4) is 0 Å². The lowest BCUT2D eigenvalue weighted by molar-refractivity contribution is -0.147. The number of nitrogens with zero attached hydrogens (tertiary/aromatic N) is 1. The quantitative estimate of drug-likeness (QED) is 0.880. The van der Waals surface area contributed by atoms with Gasteiger partial charge in [-0.1, -0.05) is 18.2 Å². The zero-order valence-corrected chi connectivity index (χ0v) is 11.1. The van der Waals surface area contributed by atoms with Crippen LogP contribution < -0.4 is 4.74 Å². The first-order valence-corrected chi connectivity index (χ1v) is 6.88. The number of carboxylic acid groups (broad SMARTS) is 1. The predicted molar refractivity (Wildman–Crippen MR) is 71.5 cm³/mol. The average Bonchev–Trinajstić information content (AvgIpc) is 3.12. The molecule has 2 aliphatic rings. The number of benzene rings is 1. The molecule has 0 radical (unpaired) electrons. The first kappa shape index (κ1) is 13.0. The zero-order chi connectivity index (χ0) is 14.1. The zero-order valence-electron chi connectivity index (χ0n) is 11.1. The number of hydrogen-bond acceptors (Lipinski definition) is 3. The van der Waals surface area contributed by atoms with E-state index in [0.717, 1.165) is 24.2 Å². The molecule has 1 N–H and O–H groups in total. The molecule has 1 fully saturated rings. The van der Waals surface area contributed by atoms with E-state index < -0.39 is 12.1 Å². The van der Waals surface area contributed by atoms with Crippen molar-refractivity contribution in [2.75, 3.05) is 13.1 Å². The van der Waals surface area contributed by atoms with Gasteiger partial charge in [-0.2, -0.15) is 0 Å². The van der Waals surface area contributed by atoms with E-state index in [-0.39, 0.29) is 12.5 Å². The Labute approximate surface area is 117 Å². The average molecular weight is 275 g/mol. The van der Waals surface area contributed by atoms with Crippen LogP contribution in [0.4, 0.5) is 0 Å². The third kappa shape index (κ3) is 2.76. The summed E-state index contributed by atoms with van der Waals surface area (Å²) in [6.07, 6.45) is 2.10. The van der Waals surface area contributed by atoms with Gasteiger partial charge in [-0.3, -0.25) is 9.59 Å². The van der Waals surface area contributed by atoms with Crippen LogP contribution in [0.15, 0.2) is 24.3 Å². The maximum Gasteiger partial charge on any atom is 0.323 e. The van der Waals surface area contributed by atoms with Crippen molar-refractivity contribution in [1.82, 2.24) is 4.90 Å². The van der Waals surface area contributed by atoms with Gasteiger partial charge in [-0.05, 0) is 30.4 Å². The van der Waals surface area contributed by atoms with Gasteiger partial charge in [0, 0.05) is 13.0 Å². The van der Waals surface area contributed by atoms with E-state index in [1.807, 2.05) is 24.3 Å². The molecule has 5 nitrogen and oxygen atoms in total. The van der Waals surface area contributed by atoms with Gasteiger partial charge in [-0.15, -0.1) is 0 Å². The summed E-state index contributed by atoms with van der Waals surface area (Å²) in [6, 6.07) is 7.55. The fraction of sp³-hybridized carbons (Fsp3) is 0.467. The van der Waals surface area contributed by atoms with Crippen LogP contribution in [0.25, 0.3) is 0 Å². The summed E-state index contributed by atoms with van der Waals surface area (Å²) in [5.74, 6) is -0.000337. The van der Waals surface area contributed by atoms with Crippen molar-refractivity contribution >= 4 is 11.9 Å². The lowest BCUT2D eigenvalue weighted by atomic mass is 10.1. The van der Waals surface area contributed by atoms with Crippen LogP contribution in [-0.4, -0.2) is 41.1 Å². The highest BCUT2D eigenvalue weighted by Gasteiger charge is 2.35. The Balaban J connectivity index is 1.69. The van der Waals surface area contributed by atoms with Crippen molar-refractivity contribution in [2.24, 2.45) is 5.92 Å². The summed E-state index contributed by atoms with van der Waals surface area (Å²) in [4.78, 5) is 24.8. The molecule has 1 aliphatic heterocycles. The molecule has 1 aromatic carbocycles. The third-order valence-corrected chi connectivity index (χ3v) is 3.74. The molecule has 0 saturated heterocycles. The van der Waals surface area contributed by atoms with E-state index in [1.165, 1.54) is 4.90 Å². The van der Waals surface area contributed by atoms with E-state index in [2.05, 4.69) is 0 Å². The Morgan fingerprint density at radius 2 is 2.05 bits per heavy atom. The normalized spacial score (nSPS) is 20.1. The Bertz CT molecular complexity index is 513. The molecule has 1 saturated carbocycles. The van der Waals surface area contributed by atoms with Crippen LogP contribution in [0.2, 0.25) is 0 Å². The molecule has 1 atom stereocenters. The predicted octanol–water partition coefficient (Wildman–Crippen LogP) is 1.31. The summed E-state index contributed by atoms with van der Waals surface area (Å²) in [7, 11) is 0. The summed E-state index contributed by atoms with van der Waals surface area (Å²) in [6.45, 7) is 0.285. The van der Waals surface area contributed by atoms with Crippen LogP contribution in [0.5, 0.6) is 5.75 Å². The third-order valence-electron chi connectivity index (χ3n) is 3.74. The minimum atomic E-state index is -0.977. The minimum Gasteiger partial charge on any atom is -0.480 e. The first-order valence-electron chi connectivity index (χ1n) is 6.88. The first-order chi connectivity index (χ1) is 9.63. The van der Waals surface area contributed by atoms with E-state index in [1.54, 1.807) is 0 Å². The number of hydrogen-bond donors (Lipinski definition) is 1. The second-order valence-electron chi connectivity index (χ2n) is 5.47. The number of carbonyl (C=O) groups is 2. The lowest BCUT2D eigenvalue weighted by Gasteiger charge is -2.23. The number of ether oxygens (including phenoxy) is 1. The van der Waals surface area contributed by atoms with Gasteiger partial charge in [0.1, 0.15) is 12.3 Å². The van der Waals surface area contributed by atoms with Crippen LogP contribution in [0.1, 0.15) is 18.4 Å². The summed E-state index contributed by atoms with van der Waals surface area (Å²) < 4.78 is 5.65. The minimum absolute atomic E-state index is 0.212. The molecule has 1 aromatic rings. The second-order valence-corrected chi connectivity index (χ2v) is 5.47. The number of carbonyl (C=O) groups excluding carboxylic acids is 1. The highest BCUT2D eigenvalue weighted by Crippen LogP contribution is 2.32. The molecule has 0 spiro atoms. The Morgan fingerprint density at radius 3 is 2.70 bits per heavy atom. The topological polar surface area (TPSA) is 66.8 Å². The molecule has 0 aromatic heterocycles. The highest BCUT2D eigenvalue weighted by atomic mass is 16.5. The molecular weight excluding hydrogens is 258 g/mol. The molecule has 0 unspecified atom stereocenters. The molecule has 1 amide bonds. The maximum atomic E-state index is 12.5.